The number of alkyl halides is 3. The largest absolute Gasteiger partial charge is 0.490 e. The van der Waals surface area contributed by atoms with Crippen molar-refractivity contribution in [3.8, 4) is 22.3 Å². The first-order valence-corrected chi connectivity index (χ1v) is 11.9. The number of carbonyl (C=O) groups excluding carboxylic acids is 1. The Bertz CT molecular complexity index is 1390. The molecule has 0 unspecified atom stereocenters. The summed E-state index contributed by atoms with van der Waals surface area (Å²) in [6, 6.07) is 11.9. The highest BCUT2D eigenvalue weighted by Crippen LogP contribution is 2.35. The number of hydrogen-bond donors (Lipinski definition) is 4. The van der Waals surface area contributed by atoms with E-state index in [4.69, 9.17) is 15.6 Å². The number of carboxylic acid groups (broad SMARTS) is 1. The summed E-state index contributed by atoms with van der Waals surface area (Å²) in [5.74, 6) is -4.46. The van der Waals surface area contributed by atoms with E-state index in [1.165, 1.54) is 12.1 Å². The van der Waals surface area contributed by atoms with Crippen molar-refractivity contribution in [3.63, 3.8) is 0 Å². The summed E-state index contributed by atoms with van der Waals surface area (Å²) >= 11 is 0. The Labute approximate surface area is 219 Å². The van der Waals surface area contributed by atoms with Gasteiger partial charge >= 0.3 is 12.1 Å². The van der Waals surface area contributed by atoms with Crippen LogP contribution in [0.2, 0.25) is 0 Å². The number of halogens is 5. The number of anilines is 2. The van der Waals surface area contributed by atoms with Gasteiger partial charge in [-0.2, -0.15) is 17.6 Å². The van der Waals surface area contributed by atoms with E-state index in [9.17, 15) is 26.7 Å². The molecule has 2 aromatic carbocycles. The summed E-state index contributed by atoms with van der Waals surface area (Å²) in [7, 11) is 0. The average Bonchev–Trinajstić information content (AvgIpc) is 2.90. The summed E-state index contributed by atoms with van der Waals surface area (Å²) in [5, 5.41) is 13.1. The van der Waals surface area contributed by atoms with Crippen molar-refractivity contribution < 1.29 is 36.6 Å². The molecule has 0 bridgehead atoms. The molecule has 0 atom stereocenters. The molecule has 5 N–H and O–H groups in total. The molecule has 1 aromatic heterocycles. The number of pyridine rings is 1. The van der Waals surface area contributed by atoms with Crippen LogP contribution in [0.5, 0.6) is 0 Å². The lowest BCUT2D eigenvalue weighted by Gasteiger charge is -2.29. The van der Waals surface area contributed by atoms with Gasteiger partial charge in [-0.25, -0.2) is 14.2 Å². The number of hydrogen-bond acceptors (Lipinski definition) is 6. The van der Waals surface area contributed by atoms with Gasteiger partial charge in [0.25, 0.3) is 5.91 Å². The zero-order chi connectivity index (χ0) is 28.3. The number of piperazine rings is 1. The van der Waals surface area contributed by atoms with Crippen molar-refractivity contribution in [1.29, 1.82) is 0 Å². The predicted octanol–water partition coefficient (Wildman–Crippen LogP) is 3.60. The Morgan fingerprint density at radius 1 is 0.949 bits per heavy atom. The van der Waals surface area contributed by atoms with E-state index in [1.54, 1.807) is 6.07 Å². The minimum Gasteiger partial charge on any atom is -0.475 e. The number of rotatable bonds is 3. The van der Waals surface area contributed by atoms with E-state index in [0.717, 1.165) is 37.4 Å². The molecular weight excluding hydrogens is 525 g/mol. The van der Waals surface area contributed by atoms with Crippen LogP contribution in [0.15, 0.2) is 42.5 Å². The summed E-state index contributed by atoms with van der Waals surface area (Å²) in [6.45, 7) is 4.16. The summed E-state index contributed by atoms with van der Waals surface area (Å²) in [4.78, 5) is 27.0. The first-order chi connectivity index (χ1) is 18.5. The summed E-state index contributed by atoms with van der Waals surface area (Å²) in [5.41, 5.74) is 9.49. The molecule has 0 radical (unpaired) electrons. The number of nitrogens with one attached hydrogen (secondary N) is 2. The van der Waals surface area contributed by atoms with Gasteiger partial charge in [0.05, 0.1) is 0 Å². The van der Waals surface area contributed by atoms with E-state index in [-0.39, 0.29) is 22.9 Å². The van der Waals surface area contributed by atoms with E-state index in [1.807, 2.05) is 24.3 Å². The maximum Gasteiger partial charge on any atom is 0.490 e. The highest BCUT2D eigenvalue weighted by molar-refractivity contribution is 5.97. The molecule has 1 amide bonds. The molecular formula is C26H24F5N5O3. The zero-order valence-electron chi connectivity index (χ0n) is 20.4. The third-order valence-electron chi connectivity index (χ3n) is 6.32. The monoisotopic (exact) mass is 549 g/mol. The smallest absolute Gasteiger partial charge is 0.475 e. The van der Waals surface area contributed by atoms with Gasteiger partial charge in [-0.3, -0.25) is 4.79 Å². The predicted molar refractivity (Wildman–Crippen MR) is 134 cm³/mol. The minimum atomic E-state index is -5.08. The fourth-order valence-corrected chi connectivity index (χ4v) is 4.35. The molecule has 3 heterocycles. The summed E-state index contributed by atoms with van der Waals surface area (Å²) in [6.07, 6.45) is -4.50. The Kier molecular flexibility index (Phi) is 8.00. The number of nitrogens with zero attached hydrogens (tertiary/aromatic N) is 2. The van der Waals surface area contributed by atoms with Crippen molar-refractivity contribution in [2.45, 2.75) is 12.6 Å². The van der Waals surface area contributed by atoms with Gasteiger partial charge in [-0.05, 0) is 47.9 Å². The second-order valence-electron chi connectivity index (χ2n) is 8.84. The third kappa shape index (κ3) is 6.25. The zero-order valence-corrected chi connectivity index (χ0v) is 20.4. The molecule has 1 saturated heterocycles. The van der Waals surface area contributed by atoms with E-state index < -0.39 is 23.9 Å². The number of benzene rings is 2. The van der Waals surface area contributed by atoms with Gasteiger partial charge in [-0.1, -0.05) is 12.1 Å². The lowest BCUT2D eigenvalue weighted by molar-refractivity contribution is -0.192. The molecule has 206 valence electrons. The molecule has 1 fully saturated rings. The van der Waals surface area contributed by atoms with Crippen LogP contribution in [0.25, 0.3) is 22.3 Å². The van der Waals surface area contributed by atoms with Crippen molar-refractivity contribution in [2.75, 3.05) is 43.4 Å². The molecule has 39 heavy (non-hydrogen) atoms. The van der Waals surface area contributed by atoms with Crippen LogP contribution in [-0.2, 0) is 11.2 Å². The topological polar surface area (TPSA) is 121 Å². The molecule has 13 heteroatoms. The van der Waals surface area contributed by atoms with E-state index >= 15 is 0 Å². The third-order valence-corrected chi connectivity index (χ3v) is 6.32. The van der Waals surface area contributed by atoms with Gasteiger partial charge in [0.1, 0.15) is 11.6 Å². The number of carboxylic acids is 1. The van der Waals surface area contributed by atoms with Crippen LogP contribution in [0.3, 0.4) is 0 Å². The molecule has 3 aromatic rings. The minimum absolute atomic E-state index is 0.0946. The van der Waals surface area contributed by atoms with Gasteiger partial charge in [-0.15, -0.1) is 0 Å². The van der Waals surface area contributed by atoms with E-state index in [2.05, 4.69) is 20.5 Å². The number of fused-ring (bicyclic) bond motifs is 1. The molecule has 5 rings (SSSR count). The van der Waals surface area contributed by atoms with Gasteiger partial charge in [0.2, 0.25) is 5.95 Å². The molecule has 2 aliphatic rings. The first-order valence-electron chi connectivity index (χ1n) is 11.9. The number of amides is 1. The van der Waals surface area contributed by atoms with Crippen LogP contribution in [0.1, 0.15) is 15.9 Å². The van der Waals surface area contributed by atoms with Gasteiger partial charge in [0, 0.05) is 60.7 Å². The van der Waals surface area contributed by atoms with Crippen LogP contribution >= 0.6 is 0 Å². The fourth-order valence-electron chi connectivity index (χ4n) is 4.35. The average molecular weight is 550 g/mol. The maximum absolute atomic E-state index is 14.9. The second kappa shape index (κ2) is 11.2. The Balaban J connectivity index is 0.000000448. The number of aromatic nitrogens is 1. The Morgan fingerprint density at radius 3 is 2.21 bits per heavy atom. The van der Waals surface area contributed by atoms with Gasteiger partial charge < -0.3 is 26.4 Å². The number of nitrogens with two attached hydrogens (primary N) is 1. The van der Waals surface area contributed by atoms with Crippen LogP contribution in [-0.4, -0.2) is 60.9 Å². The van der Waals surface area contributed by atoms with Crippen LogP contribution in [0.4, 0.5) is 33.5 Å². The van der Waals surface area contributed by atoms with E-state index in [0.29, 0.717) is 29.7 Å². The van der Waals surface area contributed by atoms with Crippen LogP contribution in [0, 0.1) is 11.8 Å². The molecule has 0 spiro atoms. The number of carbonyl (C=O) groups is 2. The second-order valence-corrected chi connectivity index (χ2v) is 8.84. The normalized spacial score (nSPS) is 15.1. The quantitative estimate of drug-likeness (QED) is 0.291. The SMILES string of the molecule is Nc1nc(F)c(-c2ccc(N3CCNCC3)cc2)cc1-c1cc2c(cc1F)C(=O)NCC2.O=C(O)C(F)(F)F. The summed E-state index contributed by atoms with van der Waals surface area (Å²) < 4.78 is 61.4. The highest BCUT2D eigenvalue weighted by atomic mass is 19.4. The molecule has 0 aliphatic carbocycles. The standard InChI is InChI=1S/C24H23F2N5O.C2HF3O2/c25-21-13-18-15(5-6-29-24(18)32)11-19(21)20-12-17(22(26)30-23(20)27)14-1-3-16(4-2-14)31-9-7-28-8-10-31;3-2(4,5)1(6)7/h1-4,11-13,28H,5-10H2,(H2,27,30)(H,29,32);(H,6,7). The highest BCUT2D eigenvalue weighted by Gasteiger charge is 2.38. The van der Waals surface area contributed by atoms with Crippen LogP contribution < -0.4 is 21.3 Å². The molecule has 8 nitrogen and oxygen atoms in total. The fraction of sp³-hybridized carbons (Fsp3) is 0.269. The molecule has 2 aliphatic heterocycles. The van der Waals surface area contributed by atoms with Crippen molar-refractivity contribution in [2.24, 2.45) is 0 Å². The number of aliphatic carboxylic acids is 1. The first kappa shape index (κ1) is 27.8. The number of nitrogen functional groups attached to an aromatic ring is 1. The van der Waals surface area contributed by atoms with Crippen molar-refractivity contribution in [3.05, 3.63) is 65.4 Å². The maximum atomic E-state index is 14.9. The van der Waals surface area contributed by atoms with Gasteiger partial charge in [0.15, 0.2) is 0 Å². The Hall–Kier alpha value is -4.26. The van der Waals surface area contributed by atoms with Crippen molar-refractivity contribution >= 4 is 23.4 Å². The molecule has 0 saturated carbocycles. The Morgan fingerprint density at radius 2 is 1.59 bits per heavy atom. The lowest BCUT2D eigenvalue weighted by Crippen LogP contribution is -2.43. The lowest BCUT2D eigenvalue weighted by atomic mass is 9.93. The van der Waals surface area contributed by atoms with Crippen molar-refractivity contribution in [1.82, 2.24) is 15.6 Å².